The lowest BCUT2D eigenvalue weighted by Gasteiger charge is -2.26. The van der Waals surface area contributed by atoms with Gasteiger partial charge in [-0.15, -0.1) is 0 Å². The number of aromatic nitrogens is 1. The van der Waals surface area contributed by atoms with Crippen LogP contribution >= 0.6 is 0 Å². The van der Waals surface area contributed by atoms with Crippen molar-refractivity contribution < 1.29 is 23.1 Å². The second-order valence-electron chi connectivity index (χ2n) is 4.76. The third-order valence-electron chi connectivity index (χ3n) is 3.47. The van der Waals surface area contributed by atoms with Crippen LogP contribution in [0.5, 0.6) is 0 Å². The Morgan fingerprint density at radius 2 is 1.76 bits per heavy atom. The molecule has 0 atom stereocenters. The highest BCUT2D eigenvalue weighted by Crippen LogP contribution is 2.29. The van der Waals surface area contributed by atoms with Gasteiger partial charge in [-0.2, -0.15) is 4.31 Å². The number of carbonyl (C=O) groups is 1. The van der Waals surface area contributed by atoms with Gasteiger partial charge in [-0.25, -0.2) is 8.42 Å². The molecule has 1 aliphatic rings. The van der Waals surface area contributed by atoms with E-state index in [1.54, 1.807) is 24.3 Å². The predicted octanol–water partition coefficient (Wildman–Crippen LogP) is 0.922. The monoisotopic (exact) mass is 371 g/mol. The lowest BCUT2D eigenvalue weighted by molar-refractivity contribution is 0.0730. The minimum Gasteiger partial charge on any atom is -0.400 e. The summed E-state index contributed by atoms with van der Waals surface area (Å²) in [6, 6.07) is 6.85. The smallest absolute Gasteiger partial charge is 0.266 e. The second-order valence-corrected chi connectivity index (χ2v) is 6.63. The zero-order chi connectivity index (χ0) is 19.0. The highest BCUT2D eigenvalue weighted by atomic mass is 32.2. The molecule has 140 valence electrons. The Morgan fingerprint density at radius 3 is 2.32 bits per heavy atom. The number of ether oxygens (including phenoxy) is 1. The number of primary amides is 1. The molecule has 9 heteroatoms. The number of fused-ring (bicyclic) bond motifs is 1. The number of nitrogens with zero attached hydrogens (tertiary/aromatic N) is 1. The zero-order valence-corrected chi connectivity index (χ0v) is 15.5. The van der Waals surface area contributed by atoms with E-state index in [1.807, 2.05) is 13.8 Å². The number of hydrogen-bond donors (Lipinski definition) is 3. The Balaban J connectivity index is 0.000000730. The number of nitrogens with one attached hydrogen (secondary N) is 1. The number of H-pyrrole nitrogens is 1. The maximum absolute atomic E-state index is 12.8. The minimum atomic E-state index is -3.80. The highest BCUT2D eigenvalue weighted by molar-refractivity contribution is 7.89. The number of hydrogen-bond acceptors (Lipinski definition) is 5. The van der Waals surface area contributed by atoms with Gasteiger partial charge in [-0.1, -0.05) is 32.0 Å². The molecular formula is C16H25N3O5S. The standard InChI is InChI=1S/C13H15N3O4S.C2H6.CH4O/c14-13(17)11-12(9-3-1-2-4-10(9)15-11)21(18,19)16-5-7-20-8-6-16;2*1-2/h1-4,15H,5-8H2,(H2,14,17);1-2H3;2H,1H3. The first-order valence-electron chi connectivity index (χ1n) is 7.95. The second kappa shape index (κ2) is 9.52. The van der Waals surface area contributed by atoms with Crippen LogP contribution in [0, 0.1) is 0 Å². The molecule has 3 rings (SSSR count). The highest BCUT2D eigenvalue weighted by Gasteiger charge is 2.33. The first-order chi connectivity index (χ1) is 12.0. The van der Waals surface area contributed by atoms with Gasteiger partial charge in [0.05, 0.1) is 13.2 Å². The number of aliphatic hydroxyl groups is 1. The Hall–Kier alpha value is -1.94. The average molecular weight is 371 g/mol. The molecule has 0 unspecified atom stereocenters. The van der Waals surface area contributed by atoms with E-state index >= 15 is 0 Å². The minimum absolute atomic E-state index is 0.0486. The summed E-state index contributed by atoms with van der Waals surface area (Å²) in [6.45, 7) is 5.21. The van der Waals surface area contributed by atoms with Crippen LogP contribution in [0.25, 0.3) is 10.9 Å². The van der Waals surface area contributed by atoms with E-state index in [0.717, 1.165) is 7.11 Å². The van der Waals surface area contributed by atoms with Crippen LogP contribution < -0.4 is 5.73 Å². The summed E-state index contributed by atoms with van der Waals surface area (Å²) in [5.41, 5.74) is 5.81. The molecule has 0 saturated carbocycles. The van der Waals surface area contributed by atoms with Crippen LogP contribution in [0.4, 0.5) is 0 Å². The van der Waals surface area contributed by atoms with Crippen LogP contribution in [0.1, 0.15) is 24.3 Å². The van der Waals surface area contributed by atoms with Gasteiger partial charge in [-0.05, 0) is 6.07 Å². The van der Waals surface area contributed by atoms with E-state index in [1.165, 1.54) is 4.31 Å². The quantitative estimate of drug-likeness (QED) is 0.740. The van der Waals surface area contributed by atoms with Crippen molar-refractivity contribution in [1.82, 2.24) is 9.29 Å². The molecule has 2 aromatic rings. The lowest BCUT2D eigenvalue weighted by atomic mass is 10.2. The molecule has 0 radical (unpaired) electrons. The largest absolute Gasteiger partial charge is 0.400 e. The van der Waals surface area contributed by atoms with Gasteiger partial charge in [0.2, 0.25) is 10.0 Å². The SMILES string of the molecule is CC.CO.NC(=O)c1[nH]c2ccccc2c1S(=O)(=O)N1CCOCC1. The fourth-order valence-corrected chi connectivity index (χ4v) is 4.23. The summed E-state index contributed by atoms with van der Waals surface area (Å²) in [5, 5.41) is 7.47. The summed E-state index contributed by atoms with van der Waals surface area (Å²) < 4.78 is 32.2. The van der Waals surface area contributed by atoms with Crippen molar-refractivity contribution in [2.24, 2.45) is 5.73 Å². The number of rotatable bonds is 3. The normalized spacial score (nSPS) is 14.9. The Labute approximate surface area is 147 Å². The topological polar surface area (TPSA) is 126 Å². The van der Waals surface area contributed by atoms with E-state index in [-0.39, 0.29) is 23.7 Å². The van der Waals surface area contributed by atoms with Crippen LogP contribution in [-0.4, -0.2) is 62.1 Å². The van der Waals surface area contributed by atoms with Gasteiger partial charge in [0.25, 0.3) is 5.91 Å². The van der Waals surface area contributed by atoms with Gasteiger partial charge >= 0.3 is 0 Å². The van der Waals surface area contributed by atoms with Crippen molar-refractivity contribution in [1.29, 1.82) is 0 Å². The fraction of sp³-hybridized carbons (Fsp3) is 0.438. The molecule has 1 amide bonds. The fourth-order valence-electron chi connectivity index (χ4n) is 2.47. The number of sulfonamides is 1. The Morgan fingerprint density at radius 1 is 1.20 bits per heavy atom. The van der Waals surface area contributed by atoms with Crippen molar-refractivity contribution in [2.45, 2.75) is 18.7 Å². The number of carbonyl (C=O) groups excluding carboxylic acids is 1. The van der Waals surface area contributed by atoms with E-state index in [2.05, 4.69) is 4.98 Å². The third kappa shape index (κ3) is 4.37. The number of morpholine rings is 1. The molecular weight excluding hydrogens is 346 g/mol. The first-order valence-corrected chi connectivity index (χ1v) is 9.39. The number of aliphatic hydroxyl groups excluding tert-OH is 1. The first kappa shape index (κ1) is 21.1. The van der Waals surface area contributed by atoms with Crippen molar-refractivity contribution in [2.75, 3.05) is 33.4 Å². The number of nitrogens with two attached hydrogens (primary N) is 1. The molecule has 0 aliphatic carbocycles. The van der Waals surface area contributed by atoms with E-state index < -0.39 is 15.9 Å². The molecule has 4 N–H and O–H groups in total. The molecule has 0 bridgehead atoms. The van der Waals surface area contributed by atoms with Gasteiger partial charge in [0.1, 0.15) is 10.6 Å². The average Bonchev–Trinajstić information content (AvgIpc) is 3.06. The van der Waals surface area contributed by atoms with Crippen molar-refractivity contribution in [3.8, 4) is 0 Å². The molecule has 1 aromatic carbocycles. The molecule has 1 aliphatic heterocycles. The van der Waals surface area contributed by atoms with Crippen molar-refractivity contribution >= 4 is 26.8 Å². The number of amides is 1. The molecule has 25 heavy (non-hydrogen) atoms. The van der Waals surface area contributed by atoms with E-state index in [9.17, 15) is 13.2 Å². The molecule has 1 aromatic heterocycles. The van der Waals surface area contributed by atoms with E-state index in [4.69, 9.17) is 15.6 Å². The lowest BCUT2D eigenvalue weighted by Crippen LogP contribution is -2.41. The summed E-state index contributed by atoms with van der Waals surface area (Å²) >= 11 is 0. The number of aromatic amines is 1. The number of para-hydroxylation sites is 1. The molecule has 1 saturated heterocycles. The number of benzene rings is 1. The summed E-state index contributed by atoms with van der Waals surface area (Å²) in [5.74, 6) is -0.793. The van der Waals surface area contributed by atoms with Crippen molar-refractivity contribution in [3.05, 3.63) is 30.0 Å². The third-order valence-corrected chi connectivity index (χ3v) is 5.46. The molecule has 1 fully saturated rings. The molecule has 2 heterocycles. The van der Waals surface area contributed by atoms with Gasteiger partial charge < -0.3 is 20.6 Å². The molecule has 0 spiro atoms. The maximum Gasteiger partial charge on any atom is 0.266 e. The molecule has 8 nitrogen and oxygen atoms in total. The van der Waals surface area contributed by atoms with Crippen molar-refractivity contribution in [3.63, 3.8) is 0 Å². The van der Waals surface area contributed by atoms with E-state index in [0.29, 0.717) is 24.1 Å². The zero-order valence-electron chi connectivity index (χ0n) is 14.7. The van der Waals surface area contributed by atoms with Crippen LogP contribution in [0.15, 0.2) is 29.2 Å². The van der Waals surface area contributed by atoms with Crippen LogP contribution in [0.2, 0.25) is 0 Å². The Kier molecular flexibility index (Phi) is 8.04. The summed E-state index contributed by atoms with van der Waals surface area (Å²) in [4.78, 5) is 14.4. The summed E-state index contributed by atoms with van der Waals surface area (Å²) in [7, 11) is -2.80. The van der Waals surface area contributed by atoms with Crippen LogP contribution in [-0.2, 0) is 14.8 Å². The van der Waals surface area contributed by atoms with Gasteiger partial charge in [-0.3, -0.25) is 4.79 Å². The summed E-state index contributed by atoms with van der Waals surface area (Å²) in [6.07, 6.45) is 0. The van der Waals surface area contributed by atoms with Crippen LogP contribution in [0.3, 0.4) is 0 Å². The van der Waals surface area contributed by atoms with Gasteiger partial charge in [0, 0.05) is 31.1 Å². The Bertz CT molecular complexity index is 795. The maximum atomic E-state index is 12.8. The predicted molar refractivity (Wildman–Crippen MR) is 95.9 cm³/mol. The van der Waals surface area contributed by atoms with Gasteiger partial charge in [0.15, 0.2) is 0 Å².